The number of hydrogen-bond acceptors (Lipinski definition) is 4. The number of nitrogens with zero attached hydrogens (tertiary/aromatic N) is 4. The molecule has 0 bridgehead atoms. The molecule has 1 saturated heterocycles. The van der Waals surface area contributed by atoms with Crippen LogP contribution in [0.25, 0.3) is 0 Å². The Bertz CT molecular complexity index is 718. The third-order valence-electron chi connectivity index (χ3n) is 3.71. The highest BCUT2D eigenvalue weighted by molar-refractivity contribution is 6.07. The summed E-state index contributed by atoms with van der Waals surface area (Å²) in [7, 11) is 0. The van der Waals surface area contributed by atoms with Crippen LogP contribution in [0.4, 0.5) is 9.18 Å². The van der Waals surface area contributed by atoms with E-state index < -0.39 is 23.3 Å². The summed E-state index contributed by atoms with van der Waals surface area (Å²) in [5, 5.41) is 6.48. The summed E-state index contributed by atoms with van der Waals surface area (Å²) in [6.07, 6.45) is 2.86. The lowest BCUT2D eigenvalue weighted by Gasteiger charge is -2.22. The molecule has 2 heterocycles. The van der Waals surface area contributed by atoms with E-state index in [1.807, 2.05) is 0 Å². The molecule has 3 rings (SSSR count). The van der Waals surface area contributed by atoms with E-state index in [1.165, 1.54) is 42.5 Å². The second-order valence-electron chi connectivity index (χ2n) is 5.15. The fraction of sp³-hybridized carbons (Fsp3) is 0.286. The minimum absolute atomic E-state index is 0.137. The molecule has 3 amide bonds. The Hall–Kier alpha value is -2.77. The second-order valence-corrected chi connectivity index (χ2v) is 5.15. The van der Waals surface area contributed by atoms with Crippen molar-refractivity contribution in [1.82, 2.24) is 25.0 Å². The number of rotatable bonds is 4. The van der Waals surface area contributed by atoms with E-state index in [0.29, 0.717) is 6.54 Å². The summed E-state index contributed by atoms with van der Waals surface area (Å²) < 4.78 is 15.5. The van der Waals surface area contributed by atoms with Gasteiger partial charge in [-0.25, -0.2) is 14.2 Å². The Balaban J connectivity index is 1.83. The fourth-order valence-electron chi connectivity index (χ4n) is 2.50. The summed E-state index contributed by atoms with van der Waals surface area (Å²) in [6.45, 7) is 1.96. The summed E-state index contributed by atoms with van der Waals surface area (Å²) in [5.41, 5.74) is -1.25. The molecule has 0 saturated carbocycles. The molecule has 114 valence electrons. The second kappa shape index (κ2) is 5.21. The van der Waals surface area contributed by atoms with E-state index in [0.717, 1.165) is 4.90 Å². The topological polar surface area (TPSA) is 80.1 Å². The Morgan fingerprint density at radius 3 is 2.73 bits per heavy atom. The predicted molar refractivity (Wildman–Crippen MR) is 74.0 cm³/mol. The summed E-state index contributed by atoms with van der Waals surface area (Å²) in [5.74, 6) is -1.01. The van der Waals surface area contributed by atoms with Crippen molar-refractivity contribution in [3.8, 4) is 0 Å². The Morgan fingerprint density at radius 2 is 2.05 bits per heavy atom. The maximum atomic E-state index is 14.0. The van der Waals surface area contributed by atoms with Crippen LogP contribution in [0, 0.1) is 5.82 Å². The third-order valence-corrected chi connectivity index (χ3v) is 3.71. The number of imide groups is 1. The molecule has 8 heteroatoms. The molecule has 7 nitrogen and oxygen atoms in total. The normalized spacial score (nSPS) is 21.3. The van der Waals surface area contributed by atoms with Crippen molar-refractivity contribution in [2.45, 2.75) is 19.0 Å². The average molecular weight is 303 g/mol. The van der Waals surface area contributed by atoms with Crippen molar-refractivity contribution >= 4 is 11.9 Å². The van der Waals surface area contributed by atoms with Gasteiger partial charge in [0.15, 0.2) is 0 Å². The van der Waals surface area contributed by atoms with E-state index in [-0.39, 0.29) is 12.1 Å². The number of amides is 3. The van der Waals surface area contributed by atoms with Gasteiger partial charge >= 0.3 is 6.03 Å². The zero-order valence-electron chi connectivity index (χ0n) is 11.9. The third kappa shape index (κ3) is 2.22. The van der Waals surface area contributed by atoms with Crippen LogP contribution in [0.3, 0.4) is 0 Å². The minimum Gasteiger partial charge on any atom is -0.319 e. The van der Waals surface area contributed by atoms with Gasteiger partial charge < -0.3 is 5.32 Å². The smallest absolute Gasteiger partial charge is 0.319 e. The van der Waals surface area contributed by atoms with Crippen molar-refractivity contribution in [2.24, 2.45) is 0 Å². The highest BCUT2D eigenvalue weighted by Crippen LogP contribution is 2.30. The molecule has 1 aliphatic rings. The highest BCUT2D eigenvalue weighted by atomic mass is 19.1. The standard InChI is InChI=1S/C14H14FN5O2/c1-14(10-4-2-3-5-11(10)15)12(21)20(13(22)18-14)7-6-19-9-16-8-17-19/h2-5,8-9H,6-7H2,1H3,(H,18,22). The minimum atomic E-state index is -1.40. The number of carbonyl (C=O) groups excluding carboxylic acids is 2. The molecule has 2 aromatic rings. The maximum absolute atomic E-state index is 14.0. The van der Waals surface area contributed by atoms with Gasteiger partial charge in [-0.05, 0) is 13.0 Å². The van der Waals surface area contributed by atoms with Gasteiger partial charge in [-0.3, -0.25) is 14.4 Å². The van der Waals surface area contributed by atoms with Crippen molar-refractivity contribution in [1.29, 1.82) is 0 Å². The van der Waals surface area contributed by atoms with Crippen LogP contribution in [0.5, 0.6) is 0 Å². The van der Waals surface area contributed by atoms with Crippen LogP contribution in [-0.2, 0) is 16.9 Å². The van der Waals surface area contributed by atoms with Crippen LogP contribution in [-0.4, -0.2) is 38.1 Å². The van der Waals surface area contributed by atoms with E-state index in [2.05, 4.69) is 15.4 Å². The highest BCUT2D eigenvalue weighted by Gasteiger charge is 2.49. The van der Waals surface area contributed by atoms with Crippen molar-refractivity contribution in [2.75, 3.05) is 6.54 Å². The van der Waals surface area contributed by atoms with Crippen LogP contribution in [0.2, 0.25) is 0 Å². The summed E-state index contributed by atoms with van der Waals surface area (Å²) in [4.78, 5) is 29.5. The van der Waals surface area contributed by atoms with E-state index >= 15 is 0 Å². The van der Waals surface area contributed by atoms with Gasteiger partial charge in [-0.2, -0.15) is 5.10 Å². The molecule has 0 radical (unpaired) electrons. The first-order chi connectivity index (χ1) is 10.5. The molecule has 1 unspecified atom stereocenters. The molecule has 22 heavy (non-hydrogen) atoms. The van der Waals surface area contributed by atoms with Gasteiger partial charge in [0.05, 0.1) is 13.1 Å². The largest absolute Gasteiger partial charge is 0.325 e. The molecular formula is C14H14FN5O2. The van der Waals surface area contributed by atoms with Gasteiger partial charge in [0.2, 0.25) is 0 Å². The van der Waals surface area contributed by atoms with E-state index in [1.54, 1.807) is 6.07 Å². The van der Waals surface area contributed by atoms with Gasteiger partial charge in [-0.15, -0.1) is 0 Å². The quantitative estimate of drug-likeness (QED) is 0.850. The molecule has 1 N–H and O–H groups in total. The van der Waals surface area contributed by atoms with Gasteiger partial charge in [0, 0.05) is 5.56 Å². The average Bonchev–Trinajstić information content (AvgIpc) is 3.07. The van der Waals surface area contributed by atoms with Crippen LogP contribution < -0.4 is 5.32 Å². The Morgan fingerprint density at radius 1 is 1.27 bits per heavy atom. The van der Waals surface area contributed by atoms with Crippen LogP contribution in [0.15, 0.2) is 36.9 Å². The lowest BCUT2D eigenvalue weighted by atomic mass is 9.91. The maximum Gasteiger partial charge on any atom is 0.325 e. The first-order valence-corrected chi connectivity index (χ1v) is 6.74. The zero-order chi connectivity index (χ0) is 15.7. The van der Waals surface area contributed by atoms with Gasteiger partial charge in [0.1, 0.15) is 24.0 Å². The van der Waals surface area contributed by atoms with Crippen molar-refractivity contribution in [3.05, 3.63) is 48.3 Å². The van der Waals surface area contributed by atoms with Gasteiger partial charge in [-0.1, -0.05) is 18.2 Å². The zero-order valence-corrected chi connectivity index (χ0v) is 11.9. The monoisotopic (exact) mass is 303 g/mol. The van der Waals surface area contributed by atoms with Crippen LogP contribution >= 0.6 is 0 Å². The fourth-order valence-corrected chi connectivity index (χ4v) is 2.50. The Kier molecular flexibility index (Phi) is 3.36. The number of carbonyl (C=O) groups is 2. The number of hydrogen-bond donors (Lipinski definition) is 1. The van der Waals surface area contributed by atoms with Crippen molar-refractivity contribution in [3.63, 3.8) is 0 Å². The molecule has 1 atom stereocenters. The molecule has 0 spiro atoms. The van der Waals surface area contributed by atoms with E-state index in [4.69, 9.17) is 0 Å². The number of aromatic nitrogens is 3. The molecule has 1 aliphatic heterocycles. The lowest BCUT2D eigenvalue weighted by molar-refractivity contribution is -0.131. The number of nitrogens with one attached hydrogen (secondary N) is 1. The molecule has 0 aliphatic carbocycles. The van der Waals surface area contributed by atoms with Crippen molar-refractivity contribution < 1.29 is 14.0 Å². The lowest BCUT2D eigenvalue weighted by Crippen LogP contribution is -2.42. The molecular weight excluding hydrogens is 289 g/mol. The molecule has 1 aromatic carbocycles. The molecule has 1 aromatic heterocycles. The van der Waals surface area contributed by atoms with Gasteiger partial charge in [0.25, 0.3) is 5.91 Å². The Labute approximate surface area is 125 Å². The summed E-state index contributed by atoms with van der Waals surface area (Å²) >= 11 is 0. The number of urea groups is 1. The first kappa shape index (κ1) is 14.2. The first-order valence-electron chi connectivity index (χ1n) is 6.74. The van der Waals surface area contributed by atoms with E-state index in [9.17, 15) is 14.0 Å². The summed E-state index contributed by atoms with van der Waals surface area (Å²) in [6, 6.07) is 5.37. The number of halogens is 1. The predicted octanol–water partition coefficient (Wildman–Crippen LogP) is 0.884. The molecule has 1 fully saturated rings. The SMILES string of the molecule is CC1(c2ccccc2F)NC(=O)N(CCn2cncn2)C1=O. The number of benzene rings is 1. The van der Waals surface area contributed by atoms with Crippen LogP contribution in [0.1, 0.15) is 12.5 Å².